The summed E-state index contributed by atoms with van der Waals surface area (Å²) in [7, 11) is 0. The predicted octanol–water partition coefficient (Wildman–Crippen LogP) is 2.66. The molecule has 0 radical (unpaired) electrons. The topological polar surface area (TPSA) is 95.1 Å². The fraction of sp³-hybridized carbons (Fsp3) is 0.235. The first-order valence-electron chi connectivity index (χ1n) is 7.20. The third kappa shape index (κ3) is 4.37. The van der Waals surface area contributed by atoms with Crippen molar-refractivity contribution < 1.29 is 14.0 Å². The average Bonchev–Trinajstić information content (AvgIpc) is 2.88. The number of hydrogen-bond donors (Lipinski definition) is 2. The second-order valence-corrected chi connectivity index (χ2v) is 5.63. The number of aryl methyl sites for hydroxylation is 2. The zero-order chi connectivity index (χ0) is 17.7. The lowest BCUT2D eigenvalue weighted by molar-refractivity contribution is -0.120. The Morgan fingerprint density at radius 2 is 2.08 bits per heavy atom. The van der Waals surface area contributed by atoms with Gasteiger partial charge in [-0.15, -0.1) is 0 Å². The Morgan fingerprint density at radius 3 is 2.67 bits per heavy atom. The highest BCUT2D eigenvalue weighted by Crippen LogP contribution is 2.17. The SMILES string of the molecule is Cc1cc(C(=O)NCC(=O)N[C@H](C#N)c2cccc(Cl)c2)c(C)o1. The van der Waals surface area contributed by atoms with Gasteiger partial charge in [0.2, 0.25) is 5.91 Å². The number of benzene rings is 1. The van der Waals surface area contributed by atoms with Gasteiger partial charge in [0.05, 0.1) is 18.2 Å². The maximum absolute atomic E-state index is 12.0. The van der Waals surface area contributed by atoms with E-state index in [0.29, 0.717) is 27.7 Å². The lowest BCUT2D eigenvalue weighted by Crippen LogP contribution is -2.38. The summed E-state index contributed by atoms with van der Waals surface area (Å²) in [5, 5.41) is 14.7. The number of carbonyl (C=O) groups is 2. The van der Waals surface area contributed by atoms with Crippen molar-refractivity contribution >= 4 is 23.4 Å². The molecule has 24 heavy (non-hydrogen) atoms. The molecule has 2 N–H and O–H groups in total. The number of hydrogen-bond acceptors (Lipinski definition) is 4. The number of rotatable bonds is 5. The molecule has 0 bridgehead atoms. The molecule has 1 aromatic carbocycles. The van der Waals surface area contributed by atoms with Gasteiger partial charge in [0, 0.05) is 5.02 Å². The van der Waals surface area contributed by atoms with Crippen LogP contribution in [0.3, 0.4) is 0 Å². The second-order valence-electron chi connectivity index (χ2n) is 5.19. The van der Waals surface area contributed by atoms with Crippen LogP contribution in [0, 0.1) is 25.2 Å². The Morgan fingerprint density at radius 1 is 1.33 bits per heavy atom. The third-order valence-electron chi connectivity index (χ3n) is 3.31. The fourth-order valence-corrected chi connectivity index (χ4v) is 2.40. The van der Waals surface area contributed by atoms with Crippen LogP contribution in [0.4, 0.5) is 0 Å². The molecule has 7 heteroatoms. The molecule has 0 saturated carbocycles. The van der Waals surface area contributed by atoms with Gasteiger partial charge >= 0.3 is 0 Å². The Bertz CT molecular complexity index is 808. The van der Waals surface area contributed by atoms with Gasteiger partial charge in [0.1, 0.15) is 17.6 Å². The van der Waals surface area contributed by atoms with E-state index in [-0.39, 0.29) is 6.54 Å². The summed E-state index contributed by atoms with van der Waals surface area (Å²) in [6, 6.07) is 9.42. The van der Waals surface area contributed by atoms with E-state index in [0.717, 1.165) is 0 Å². The van der Waals surface area contributed by atoms with Crippen LogP contribution in [-0.4, -0.2) is 18.4 Å². The Labute approximate surface area is 144 Å². The van der Waals surface area contributed by atoms with Crippen molar-refractivity contribution in [2.45, 2.75) is 19.9 Å². The molecular formula is C17H16ClN3O3. The lowest BCUT2D eigenvalue weighted by atomic mass is 10.1. The van der Waals surface area contributed by atoms with Crippen LogP contribution < -0.4 is 10.6 Å². The number of nitrogens with one attached hydrogen (secondary N) is 2. The zero-order valence-corrected chi connectivity index (χ0v) is 14.0. The van der Waals surface area contributed by atoms with E-state index in [9.17, 15) is 14.9 Å². The molecule has 6 nitrogen and oxygen atoms in total. The van der Waals surface area contributed by atoms with Crippen molar-refractivity contribution in [3.8, 4) is 6.07 Å². The molecule has 0 fully saturated rings. The maximum atomic E-state index is 12.0. The largest absolute Gasteiger partial charge is 0.466 e. The van der Waals surface area contributed by atoms with Crippen molar-refractivity contribution in [3.05, 3.63) is 58.0 Å². The number of amides is 2. The maximum Gasteiger partial charge on any atom is 0.255 e. The highest BCUT2D eigenvalue weighted by atomic mass is 35.5. The Kier molecular flexibility index (Phi) is 5.61. The van der Waals surface area contributed by atoms with E-state index in [4.69, 9.17) is 16.0 Å². The second kappa shape index (κ2) is 7.66. The molecule has 2 rings (SSSR count). The molecular weight excluding hydrogens is 330 g/mol. The molecule has 0 aliphatic rings. The van der Waals surface area contributed by atoms with Crippen molar-refractivity contribution in [3.63, 3.8) is 0 Å². The van der Waals surface area contributed by atoms with Crippen LogP contribution in [-0.2, 0) is 4.79 Å². The van der Waals surface area contributed by atoms with Crippen molar-refractivity contribution in [2.75, 3.05) is 6.54 Å². The van der Waals surface area contributed by atoms with Crippen LogP contribution in [0.1, 0.15) is 33.5 Å². The van der Waals surface area contributed by atoms with E-state index >= 15 is 0 Å². The molecule has 1 heterocycles. The third-order valence-corrected chi connectivity index (χ3v) is 3.55. The van der Waals surface area contributed by atoms with Crippen LogP contribution in [0.25, 0.3) is 0 Å². The highest BCUT2D eigenvalue weighted by Gasteiger charge is 2.17. The van der Waals surface area contributed by atoms with Crippen LogP contribution in [0.15, 0.2) is 34.7 Å². The summed E-state index contributed by atoms with van der Waals surface area (Å²) in [6.45, 7) is 3.16. The molecule has 0 saturated heterocycles. The summed E-state index contributed by atoms with van der Waals surface area (Å²) >= 11 is 5.88. The summed E-state index contributed by atoms with van der Waals surface area (Å²) in [5.74, 6) is 0.218. The molecule has 1 atom stereocenters. The standard InChI is InChI=1S/C17H16ClN3O3/c1-10-6-14(11(2)24-10)17(23)20-9-16(22)21-15(8-19)12-4-3-5-13(18)7-12/h3-7,15H,9H2,1-2H3,(H,20,23)(H,21,22)/t15-/m1/s1. The predicted molar refractivity (Wildman–Crippen MR) is 88.5 cm³/mol. The van der Waals surface area contributed by atoms with Gasteiger partial charge in [-0.3, -0.25) is 9.59 Å². The first-order valence-corrected chi connectivity index (χ1v) is 7.58. The molecule has 1 aromatic heterocycles. The van der Waals surface area contributed by atoms with E-state index in [1.807, 2.05) is 6.07 Å². The number of nitrogens with zero attached hydrogens (tertiary/aromatic N) is 1. The van der Waals surface area contributed by atoms with Gasteiger partial charge in [-0.2, -0.15) is 5.26 Å². The average molecular weight is 346 g/mol. The number of halogens is 1. The van der Waals surface area contributed by atoms with Crippen LogP contribution in [0.5, 0.6) is 0 Å². The highest BCUT2D eigenvalue weighted by molar-refractivity contribution is 6.30. The number of nitriles is 1. The van der Waals surface area contributed by atoms with Crippen LogP contribution in [0.2, 0.25) is 5.02 Å². The molecule has 0 unspecified atom stereocenters. The van der Waals surface area contributed by atoms with E-state index in [1.54, 1.807) is 44.2 Å². The van der Waals surface area contributed by atoms with Crippen LogP contribution >= 0.6 is 11.6 Å². The zero-order valence-electron chi connectivity index (χ0n) is 13.2. The Hall–Kier alpha value is -2.78. The van der Waals surface area contributed by atoms with Gasteiger partial charge in [-0.25, -0.2) is 0 Å². The fourth-order valence-electron chi connectivity index (χ4n) is 2.20. The summed E-state index contributed by atoms with van der Waals surface area (Å²) < 4.78 is 5.28. The van der Waals surface area contributed by atoms with Gasteiger partial charge in [0.25, 0.3) is 5.91 Å². The molecule has 124 valence electrons. The summed E-state index contributed by atoms with van der Waals surface area (Å²) in [5.41, 5.74) is 0.956. The number of furan rings is 1. The Balaban J connectivity index is 1.94. The monoisotopic (exact) mass is 345 g/mol. The van der Waals surface area contributed by atoms with E-state index in [1.165, 1.54) is 0 Å². The van der Waals surface area contributed by atoms with Gasteiger partial charge in [0.15, 0.2) is 0 Å². The van der Waals surface area contributed by atoms with Crippen molar-refractivity contribution in [1.29, 1.82) is 5.26 Å². The summed E-state index contributed by atoms with van der Waals surface area (Å²) in [6.07, 6.45) is 0. The lowest BCUT2D eigenvalue weighted by Gasteiger charge is -2.12. The van der Waals surface area contributed by atoms with E-state index in [2.05, 4.69) is 10.6 Å². The minimum Gasteiger partial charge on any atom is -0.466 e. The smallest absolute Gasteiger partial charge is 0.255 e. The van der Waals surface area contributed by atoms with Gasteiger partial charge in [-0.05, 0) is 37.6 Å². The molecule has 0 aliphatic carbocycles. The quantitative estimate of drug-likeness (QED) is 0.870. The minimum absolute atomic E-state index is 0.249. The number of carbonyl (C=O) groups excluding carboxylic acids is 2. The normalized spacial score (nSPS) is 11.4. The molecule has 2 aromatic rings. The first kappa shape index (κ1) is 17.6. The molecule has 2 amide bonds. The van der Waals surface area contributed by atoms with Gasteiger partial charge < -0.3 is 15.1 Å². The summed E-state index contributed by atoms with van der Waals surface area (Å²) in [4.78, 5) is 24.0. The first-order chi connectivity index (χ1) is 11.4. The van der Waals surface area contributed by atoms with Gasteiger partial charge in [-0.1, -0.05) is 23.7 Å². The molecule has 0 spiro atoms. The minimum atomic E-state index is -0.842. The molecule has 0 aliphatic heterocycles. The van der Waals surface area contributed by atoms with E-state index < -0.39 is 17.9 Å². The van der Waals surface area contributed by atoms with Crippen molar-refractivity contribution in [1.82, 2.24) is 10.6 Å². The van der Waals surface area contributed by atoms with Crippen molar-refractivity contribution in [2.24, 2.45) is 0 Å².